The number of benzene rings is 2. The highest BCUT2D eigenvalue weighted by atomic mass is 32.2. The maximum atomic E-state index is 14.8. The van der Waals surface area contributed by atoms with Crippen LogP contribution in [-0.4, -0.2) is 56.2 Å². The summed E-state index contributed by atoms with van der Waals surface area (Å²) in [7, 11) is -4.38. The number of halogens is 4. The Balaban J connectivity index is 1.50. The smallest absolute Gasteiger partial charge is 0.496 e. The van der Waals surface area contributed by atoms with Gasteiger partial charge in [0.25, 0.3) is 15.7 Å². The molecule has 0 heterocycles. The highest BCUT2D eigenvalue weighted by Gasteiger charge is 2.47. The Labute approximate surface area is 240 Å². The van der Waals surface area contributed by atoms with E-state index in [4.69, 9.17) is 9.47 Å². The standard InChI is InChI=1S/C28H32F4N2O7S/c1-15-6-8-18(9-7-15)41-25-13-21(24(40-2)14-22(25)29)27(37)34-23-12-17(35)11-20(23)26(36)33-16-4-3-5-19(10-16)42(38,39)28(30,31)32/h3-5,10,13-15,17-18,20,23,35H,6-9,11-12H2,1-2H3,(H,33,36)(H,34,37)/t15?,17-,18?,20+,23-/m1/s1. The topological polar surface area (TPSA) is 131 Å². The number of anilines is 1. The number of hydrogen-bond donors (Lipinski definition) is 3. The van der Waals surface area contributed by atoms with Crippen molar-refractivity contribution in [2.75, 3.05) is 12.4 Å². The molecule has 14 heteroatoms. The molecule has 3 N–H and O–H groups in total. The van der Waals surface area contributed by atoms with E-state index in [0.29, 0.717) is 12.0 Å². The Hall–Kier alpha value is -3.39. The first-order chi connectivity index (χ1) is 19.7. The fourth-order valence-electron chi connectivity index (χ4n) is 5.31. The van der Waals surface area contributed by atoms with Crippen LogP contribution >= 0.6 is 0 Å². The molecule has 0 radical (unpaired) electrons. The maximum Gasteiger partial charge on any atom is 0.501 e. The number of ether oxygens (including phenoxy) is 2. The highest BCUT2D eigenvalue weighted by molar-refractivity contribution is 7.92. The number of sulfone groups is 1. The van der Waals surface area contributed by atoms with Gasteiger partial charge >= 0.3 is 5.51 Å². The summed E-state index contributed by atoms with van der Waals surface area (Å²) in [5.74, 6) is -2.82. The minimum absolute atomic E-state index is 0.0144. The third-order valence-corrected chi connectivity index (χ3v) is 9.15. The predicted molar refractivity (Wildman–Crippen MR) is 143 cm³/mol. The predicted octanol–water partition coefficient (Wildman–Crippen LogP) is 4.59. The van der Waals surface area contributed by atoms with E-state index in [1.165, 1.54) is 19.2 Å². The average molecular weight is 617 g/mol. The first-order valence-electron chi connectivity index (χ1n) is 13.4. The van der Waals surface area contributed by atoms with Crippen LogP contribution < -0.4 is 20.1 Å². The van der Waals surface area contributed by atoms with Crippen molar-refractivity contribution in [2.24, 2.45) is 11.8 Å². The van der Waals surface area contributed by atoms with Crippen molar-refractivity contribution < 1.29 is 50.1 Å². The normalized spacial score (nSPS) is 24.6. The SMILES string of the molecule is COc1cc(F)c(OC2CCC(C)CC2)cc1C(=O)N[C@@H]1C[C@H](O)C[C@@H]1C(=O)Nc1cccc(S(=O)(=O)C(F)(F)F)c1. The fraction of sp³-hybridized carbons (Fsp3) is 0.500. The van der Waals surface area contributed by atoms with Gasteiger partial charge in [-0.3, -0.25) is 9.59 Å². The zero-order valence-corrected chi connectivity index (χ0v) is 23.7. The molecule has 2 amide bonds. The molecule has 230 valence electrons. The molecule has 0 aliphatic heterocycles. The van der Waals surface area contributed by atoms with E-state index >= 15 is 0 Å². The Bertz CT molecular complexity index is 1430. The van der Waals surface area contributed by atoms with Gasteiger partial charge in [0.15, 0.2) is 11.6 Å². The number of rotatable bonds is 8. The number of carbonyl (C=O) groups is 2. The molecule has 2 aliphatic carbocycles. The van der Waals surface area contributed by atoms with Crippen molar-refractivity contribution >= 4 is 27.3 Å². The lowest BCUT2D eigenvalue weighted by Gasteiger charge is -2.27. The van der Waals surface area contributed by atoms with Crippen molar-refractivity contribution in [3.63, 3.8) is 0 Å². The van der Waals surface area contributed by atoms with Gasteiger partial charge in [-0.15, -0.1) is 0 Å². The zero-order valence-electron chi connectivity index (χ0n) is 22.9. The third kappa shape index (κ3) is 6.97. The summed E-state index contributed by atoms with van der Waals surface area (Å²) in [5, 5.41) is 15.3. The molecule has 3 atom stereocenters. The molecule has 0 bridgehead atoms. The fourth-order valence-corrected chi connectivity index (χ4v) is 6.12. The van der Waals surface area contributed by atoms with Crippen LogP contribution in [-0.2, 0) is 14.6 Å². The van der Waals surface area contributed by atoms with Crippen LogP contribution in [0.1, 0.15) is 55.8 Å². The van der Waals surface area contributed by atoms with Crippen LogP contribution in [0.2, 0.25) is 0 Å². The van der Waals surface area contributed by atoms with Crippen LogP contribution in [0.15, 0.2) is 41.3 Å². The van der Waals surface area contributed by atoms with Gasteiger partial charge in [-0.25, -0.2) is 12.8 Å². The second kappa shape index (κ2) is 12.5. The van der Waals surface area contributed by atoms with E-state index < -0.39 is 55.9 Å². The number of hydrogen-bond acceptors (Lipinski definition) is 7. The molecule has 0 spiro atoms. The molecule has 2 fully saturated rings. The highest BCUT2D eigenvalue weighted by Crippen LogP contribution is 2.35. The summed E-state index contributed by atoms with van der Waals surface area (Å²) in [5.41, 5.74) is -5.79. The van der Waals surface area contributed by atoms with E-state index in [-0.39, 0.29) is 41.7 Å². The summed E-state index contributed by atoms with van der Waals surface area (Å²) in [6, 6.07) is 5.05. The second-order valence-corrected chi connectivity index (χ2v) is 12.7. The molecule has 0 unspecified atom stereocenters. The van der Waals surface area contributed by atoms with Gasteiger partial charge in [0, 0.05) is 17.8 Å². The minimum Gasteiger partial charge on any atom is -0.496 e. The molecular weight excluding hydrogens is 584 g/mol. The lowest BCUT2D eigenvalue weighted by atomic mass is 9.89. The Morgan fingerprint density at radius 3 is 2.36 bits per heavy atom. The van der Waals surface area contributed by atoms with Crippen LogP contribution in [0.25, 0.3) is 0 Å². The van der Waals surface area contributed by atoms with Crippen molar-refractivity contribution in [2.45, 2.75) is 74.1 Å². The summed E-state index contributed by atoms with van der Waals surface area (Å²) >= 11 is 0. The molecule has 2 aromatic rings. The largest absolute Gasteiger partial charge is 0.501 e. The second-order valence-electron chi connectivity index (χ2n) is 10.8. The van der Waals surface area contributed by atoms with Gasteiger partial charge in [-0.1, -0.05) is 13.0 Å². The summed E-state index contributed by atoms with van der Waals surface area (Å²) < 4.78 is 88.3. The minimum atomic E-state index is -5.64. The monoisotopic (exact) mass is 616 g/mol. The molecular formula is C28H32F4N2O7S. The molecule has 2 aromatic carbocycles. The molecule has 2 aliphatic rings. The van der Waals surface area contributed by atoms with Gasteiger partial charge in [-0.05, 0) is 68.7 Å². The molecule has 4 rings (SSSR count). The third-order valence-electron chi connectivity index (χ3n) is 7.66. The number of aliphatic hydroxyl groups excluding tert-OH is 1. The van der Waals surface area contributed by atoms with E-state index in [0.717, 1.165) is 43.9 Å². The lowest BCUT2D eigenvalue weighted by Crippen LogP contribution is -2.42. The van der Waals surface area contributed by atoms with Gasteiger partial charge in [0.1, 0.15) is 5.75 Å². The summed E-state index contributed by atoms with van der Waals surface area (Å²) in [4.78, 5) is 25.3. The van der Waals surface area contributed by atoms with Gasteiger partial charge in [0.2, 0.25) is 5.91 Å². The van der Waals surface area contributed by atoms with E-state index in [2.05, 4.69) is 17.6 Å². The van der Waals surface area contributed by atoms with Crippen LogP contribution in [0.4, 0.5) is 23.2 Å². The van der Waals surface area contributed by atoms with Gasteiger partial charge < -0.3 is 25.2 Å². The Morgan fingerprint density at radius 2 is 1.71 bits per heavy atom. The van der Waals surface area contributed by atoms with E-state index in [1.807, 2.05) is 0 Å². The first kappa shape index (κ1) is 31.5. The number of nitrogens with one attached hydrogen (secondary N) is 2. The molecule has 0 aromatic heterocycles. The van der Waals surface area contributed by atoms with Gasteiger partial charge in [0.05, 0.1) is 35.7 Å². The number of alkyl halides is 3. The number of aliphatic hydroxyl groups is 1. The number of carbonyl (C=O) groups excluding carboxylic acids is 2. The van der Waals surface area contributed by atoms with Crippen LogP contribution in [0, 0.1) is 17.7 Å². The number of methoxy groups -OCH3 is 1. The lowest BCUT2D eigenvalue weighted by molar-refractivity contribution is -0.120. The van der Waals surface area contributed by atoms with Crippen molar-refractivity contribution in [3.05, 3.63) is 47.8 Å². The zero-order chi connectivity index (χ0) is 30.8. The van der Waals surface area contributed by atoms with Gasteiger partial charge in [-0.2, -0.15) is 13.2 Å². The van der Waals surface area contributed by atoms with Crippen molar-refractivity contribution in [1.29, 1.82) is 0 Å². The van der Waals surface area contributed by atoms with Crippen LogP contribution in [0.3, 0.4) is 0 Å². The van der Waals surface area contributed by atoms with E-state index in [9.17, 15) is 40.7 Å². The number of amides is 2. The first-order valence-corrected chi connectivity index (χ1v) is 14.9. The molecule has 9 nitrogen and oxygen atoms in total. The van der Waals surface area contributed by atoms with E-state index in [1.54, 1.807) is 0 Å². The molecule has 2 saturated carbocycles. The molecule has 0 saturated heterocycles. The van der Waals surface area contributed by atoms with Crippen molar-refractivity contribution in [1.82, 2.24) is 5.32 Å². The van der Waals surface area contributed by atoms with Crippen molar-refractivity contribution in [3.8, 4) is 11.5 Å². The summed E-state index contributed by atoms with van der Waals surface area (Å²) in [6.07, 6.45) is 2.09. The quantitative estimate of drug-likeness (QED) is 0.370. The Kier molecular flexibility index (Phi) is 9.36. The summed E-state index contributed by atoms with van der Waals surface area (Å²) in [6.45, 7) is 2.13. The Morgan fingerprint density at radius 1 is 1.02 bits per heavy atom. The maximum absolute atomic E-state index is 14.8. The average Bonchev–Trinajstić information content (AvgIpc) is 3.30. The van der Waals surface area contributed by atoms with Crippen LogP contribution in [0.5, 0.6) is 11.5 Å². The molecule has 42 heavy (non-hydrogen) atoms.